The molecule has 0 amide bonds. The van der Waals surface area contributed by atoms with Crippen LogP contribution in [0.3, 0.4) is 0 Å². The SMILES string of the molecule is COc1ccc2c(c1)NC(C)(C)CC2c1ccc(Cl)cc1. The minimum Gasteiger partial charge on any atom is -0.497 e. The highest BCUT2D eigenvalue weighted by molar-refractivity contribution is 6.30. The van der Waals surface area contributed by atoms with Gasteiger partial charge in [0.1, 0.15) is 5.75 Å². The number of rotatable bonds is 2. The van der Waals surface area contributed by atoms with Gasteiger partial charge in [-0.25, -0.2) is 0 Å². The molecule has 0 saturated carbocycles. The first-order valence-electron chi connectivity index (χ1n) is 7.20. The number of fused-ring (bicyclic) bond motifs is 1. The first kappa shape index (κ1) is 14.3. The van der Waals surface area contributed by atoms with E-state index in [0.717, 1.165) is 22.9 Å². The molecular weight excluding hydrogens is 282 g/mol. The topological polar surface area (TPSA) is 21.3 Å². The minimum atomic E-state index is 0.0453. The Morgan fingerprint density at radius 2 is 1.86 bits per heavy atom. The molecule has 2 nitrogen and oxygen atoms in total. The zero-order valence-corrected chi connectivity index (χ0v) is 13.4. The number of ether oxygens (including phenoxy) is 1. The monoisotopic (exact) mass is 301 g/mol. The van der Waals surface area contributed by atoms with Crippen LogP contribution in [0.2, 0.25) is 5.02 Å². The smallest absolute Gasteiger partial charge is 0.120 e. The Labute approximate surface area is 131 Å². The summed E-state index contributed by atoms with van der Waals surface area (Å²) in [6, 6.07) is 14.5. The quantitative estimate of drug-likeness (QED) is 0.835. The number of benzene rings is 2. The maximum absolute atomic E-state index is 6.02. The van der Waals surface area contributed by atoms with Crippen molar-refractivity contribution in [3.63, 3.8) is 0 Å². The fraction of sp³-hybridized carbons (Fsp3) is 0.333. The molecule has 1 aliphatic rings. The van der Waals surface area contributed by atoms with Crippen molar-refractivity contribution in [3.8, 4) is 5.75 Å². The van der Waals surface area contributed by atoms with E-state index in [2.05, 4.69) is 43.4 Å². The highest BCUT2D eigenvalue weighted by atomic mass is 35.5. The number of hydrogen-bond donors (Lipinski definition) is 1. The first-order valence-corrected chi connectivity index (χ1v) is 7.58. The van der Waals surface area contributed by atoms with Gasteiger partial charge in [-0.2, -0.15) is 0 Å². The van der Waals surface area contributed by atoms with Gasteiger partial charge in [-0.1, -0.05) is 29.8 Å². The molecule has 3 rings (SSSR count). The number of hydrogen-bond acceptors (Lipinski definition) is 2. The molecule has 0 aliphatic carbocycles. The summed E-state index contributed by atoms with van der Waals surface area (Å²) in [5.74, 6) is 1.26. The normalized spacial score (nSPS) is 19.5. The van der Waals surface area contributed by atoms with Crippen molar-refractivity contribution in [1.29, 1.82) is 0 Å². The van der Waals surface area contributed by atoms with Crippen molar-refractivity contribution in [3.05, 3.63) is 58.6 Å². The maximum atomic E-state index is 6.02. The van der Waals surface area contributed by atoms with Crippen LogP contribution in [0.5, 0.6) is 5.75 Å². The van der Waals surface area contributed by atoms with E-state index in [9.17, 15) is 0 Å². The molecule has 2 aromatic carbocycles. The van der Waals surface area contributed by atoms with Crippen LogP contribution >= 0.6 is 11.6 Å². The summed E-state index contributed by atoms with van der Waals surface area (Å²) in [6.07, 6.45) is 1.05. The van der Waals surface area contributed by atoms with Gasteiger partial charge in [-0.15, -0.1) is 0 Å². The van der Waals surface area contributed by atoms with Crippen LogP contribution < -0.4 is 10.1 Å². The van der Waals surface area contributed by atoms with E-state index in [-0.39, 0.29) is 5.54 Å². The zero-order chi connectivity index (χ0) is 15.0. The van der Waals surface area contributed by atoms with Crippen LogP contribution in [0.15, 0.2) is 42.5 Å². The Bertz CT molecular complexity index is 649. The number of nitrogens with one attached hydrogen (secondary N) is 1. The lowest BCUT2D eigenvalue weighted by atomic mass is 9.77. The van der Waals surface area contributed by atoms with Crippen molar-refractivity contribution in [2.45, 2.75) is 31.7 Å². The fourth-order valence-electron chi connectivity index (χ4n) is 3.10. The molecule has 0 aromatic heterocycles. The van der Waals surface area contributed by atoms with Crippen LogP contribution in [0.1, 0.15) is 37.3 Å². The second kappa shape index (κ2) is 5.27. The van der Waals surface area contributed by atoms with Crippen LogP contribution in [0.4, 0.5) is 5.69 Å². The van der Waals surface area contributed by atoms with Gasteiger partial charge in [0.25, 0.3) is 0 Å². The average molecular weight is 302 g/mol. The molecule has 0 fully saturated rings. The molecule has 110 valence electrons. The van der Waals surface area contributed by atoms with Crippen LogP contribution in [-0.2, 0) is 0 Å². The van der Waals surface area contributed by atoms with Crippen LogP contribution in [0, 0.1) is 0 Å². The maximum Gasteiger partial charge on any atom is 0.120 e. The third-order valence-electron chi connectivity index (χ3n) is 4.10. The van der Waals surface area contributed by atoms with E-state index in [4.69, 9.17) is 16.3 Å². The van der Waals surface area contributed by atoms with Crippen molar-refractivity contribution < 1.29 is 4.74 Å². The predicted octanol–water partition coefficient (Wildman–Crippen LogP) is 5.07. The molecule has 2 aromatic rings. The van der Waals surface area contributed by atoms with E-state index in [0.29, 0.717) is 5.92 Å². The number of anilines is 1. The molecular formula is C18H20ClNO. The standard InChI is InChI=1S/C18H20ClNO/c1-18(2)11-16(12-4-6-13(19)7-5-12)15-9-8-14(21-3)10-17(15)20-18/h4-10,16,20H,11H2,1-3H3. The van der Waals surface area contributed by atoms with Gasteiger partial charge in [-0.05, 0) is 49.6 Å². The summed E-state index contributed by atoms with van der Waals surface area (Å²) >= 11 is 6.02. The fourth-order valence-corrected chi connectivity index (χ4v) is 3.23. The van der Waals surface area contributed by atoms with E-state index in [1.54, 1.807) is 7.11 Å². The van der Waals surface area contributed by atoms with Gasteiger partial charge in [0.05, 0.1) is 7.11 Å². The summed E-state index contributed by atoms with van der Waals surface area (Å²) in [7, 11) is 1.70. The number of methoxy groups -OCH3 is 1. The van der Waals surface area contributed by atoms with E-state index in [1.807, 2.05) is 18.2 Å². The van der Waals surface area contributed by atoms with Gasteiger partial charge in [-0.3, -0.25) is 0 Å². The summed E-state index contributed by atoms with van der Waals surface area (Å²) in [5, 5.41) is 4.40. The van der Waals surface area contributed by atoms with Crippen molar-refractivity contribution in [2.24, 2.45) is 0 Å². The van der Waals surface area contributed by atoms with Crippen molar-refractivity contribution in [2.75, 3.05) is 12.4 Å². The van der Waals surface area contributed by atoms with Gasteiger partial charge < -0.3 is 10.1 Å². The Balaban J connectivity index is 2.07. The lowest BCUT2D eigenvalue weighted by Crippen LogP contribution is -2.37. The molecule has 0 saturated heterocycles. The minimum absolute atomic E-state index is 0.0453. The van der Waals surface area contributed by atoms with E-state index < -0.39 is 0 Å². The van der Waals surface area contributed by atoms with Gasteiger partial charge in [0.15, 0.2) is 0 Å². The molecule has 21 heavy (non-hydrogen) atoms. The zero-order valence-electron chi connectivity index (χ0n) is 12.6. The highest BCUT2D eigenvalue weighted by Gasteiger charge is 2.32. The second-order valence-electron chi connectivity index (χ2n) is 6.27. The van der Waals surface area contributed by atoms with E-state index >= 15 is 0 Å². The lowest BCUT2D eigenvalue weighted by Gasteiger charge is -2.39. The Kier molecular flexibility index (Phi) is 3.58. The molecule has 1 N–H and O–H groups in total. The summed E-state index contributed by atoms with van der Waals surface area (Å²) in [4.78, 5) is 0. The molecule has 1 heterocycles. The van der Waals surface area contributed by atoms with Gasteiger partial charge in [0.2, 0.25) is 0 Å². The Morgan fingerprint density at radius 1 is 1.14 bits per heavy atom. The Morgan fingerprint density at radius 3 is 2.52 bits per heavy atom. The second-order valence-corrected chi connectivity index (χ2v) is 6.71. The molecule has 0 radical (unpaired) electrons. The Hall–Kier alpha value is -1.67. The molecule has 1 unspecified atom stereocenters. The third kappa shape index (κ3) is 2.86. The van der Waals surface area contributed by atoms with Crippen molar-refractivity contribution >= 4 is 17.3 Å². The molecule has 1 atom stereocenters. The molecule has 0 spiro atoms. The largest absolute Gasteiger partial charge is 0.497 e. The predicted molar refractivity (Wildman–Crippen MR) is 88.6 cm³/mol. The third-order valence-corrected chi connectivity index (χ3v) is 4.35. The lowest BCUT2D eigenvalue weighted by molar-refractivity contribution is 0.413. The summed E-state index contributed by atoms with van der Waals surface area (Å²) in [6.45, 7) is 4.47. The molecule has 0 bridgehead atoms. The van der Waals surface area contributed by atoms with E-state index in [1.165, 1.54) is 11.1 Å². The summed E-state index contributed by atoms with van der Waals surface area (Å²) < 4.78 is 5.35. The van der Waals surface area contributed by atoms with Crippen molar-refractivity contribution in [1.82, 2.24) is 0 Å². The molecule has 1 aliphatic heterocycles. The van der Waals surface area contributed by atoms with Gasteiger partial charge >= 0.3 is 0 Å². The van der Waals surface area contributed by atoms with Crippen LogP contribution in [0.25, 0.3) is 0 Å². The number of halogens is 1. The summed E-state index contributed by atoms with van der Waals surface area (Å²) in [5.41, 5.74) is 3.83. The highest BCUT2D eigenvalue weighted by Crippen LogP contribution is 2.43. The first-order chi connectivity index (χ1) is 9.98. The van der Waals surface area contributed by atoms with Gasteiger partial charge in [0, 0.05) is 28.2 Å². The average Bonchev–Trinajstić information content (AvgIpc) is 2.45. The van der Waals surface area contributed by atoms with Crippen LogP contribution in [-0.4, -0.2) is 12.6 Å². The molecule has 3 heteroatoms.